The van der Waals surface area contributed by atoms with E-state index in [2.05, 4.69) is 6.07 Å². The molecule has 7 nitrogen and oxygen atoms in total. The number of ether oxygens (including phenoxy) is 3. The minimum Gasteiger partial charge on any atom is -0.465 e. The lowest BCUT2D eigenvalue weighted by Crippen LogP contribution is -2.21. The predicted octanol–water partition coefficient (Wildman–Crippen LogP) is 4.49. The van der Waals surface area contributed by atoms with Crippen LogP contribution in [0.15, 0.2) is 78.2 Å². The molecule has 1 aliphatic heterocycles. The van der Waals surface area contributed by atoms with Crippen molar-refractivity contribution in [1.82, 2.24) is 0 Å². The van der Waals surface area contributed by atoms with Crippen molar-refractivity contribution in [2.45, 2.75) is 12.3 Å². The minimum atomic E-state index is -0.515. The molecule has 3 aromatic carbocycles. The first-order valence-electron chi connectivity index (χ1n) is 10.2. The average molecular weight is 475 g/mol. The second-order valence-corrected chi connectivity index (χ2v) is 7.95. The molecule has 1 atom stereocenters. The van der Waals surface area contributed by atoms with Crippen LogP contribution in [0.2, 0.25) is 5.02 Å². The van der Waals surface area contributed by atoms with Crippen molar-refractivity contribution in [3.63, 3.8) is 0 Å². The average Bonchev–Trinajstić information content (AvgIpc) is 2.84. The fourth-order valence-corrected chi connectivity index (χ4v) is 3.83. The Morgan fingerprint density at radius 2 is 1.79 bits per heavy atom. The second-order valence-electron chi connectivity index (χ2n) is 7.52. The van der Waals surface area contributed by atoms with E-state index in [1.54, 1.807) is 66.7 Å². The van der Waals surface area contributed by atoms with Crippen LogP contribution in [0.4, 0.5) is 0 Å². The second kappa shape index (κ2) is 9.69. The first-order valence-corrected chi connectivity index (χ1v) is 10.6. The van der Waals surface area contributed by atoms with Crippen molar-refractivity contribution in [3.05, 3.63) is 105 Å². The summed E-state index contributed by atoms with van der Waals surface area (Å²) in [5.41, 5.74) is 8.85. The largest absolute Gasteiger partial charge is 0.465 e. The van der Waals surface area contributed by atoms with Crippen LogP contribution in [0.25, 0.3) is 0 Å². The lowest BCUT2D eigenvalue weighted by Gasteiger charge is -2.26. The van der Waals surface area contributed by atoms with E-state index in [0.29, 0.717) is 21.9 Å². The molecule has 1 aliphatic rings. The van der Waals surface area contributed by atoms with Gasteiger partial charge in [0.15, 0.2) is 0 Å². The summed E-state index contributed by atoms with van der Waals surface area (Å²) in [6, 6.07) is 20.7. The lowest BCUT2D eigenvalue weighted by molar-refractivity contribution is -0.133. The summed E-state index contributed by atoms with van der Waals surface area (Å²) >= 11 is 5.88. The molecule has 0 bridgehead atoms. The molecular weight excluding hydrogens is 456 g/mol. The Kier molecular flexibility index (Phi) is 6.53. The number of esters is 2. The molecule has 1 unspecified atom stereocenters. The fourth-order valence-electron chi connectivity index (χ4n) is 3.71. The molecule has 34 heavy (non-hydrogen) atoms. The zero-order valence-corrected chi connectivity index (χ0v) is 18.8. The highest BCUT2D eigenvalue weighted by Crippen LogP contribution is 2.43. The highest BCUT2D eigenvalue weighted by atomic mass is 35.5. The molecule has 0 spiro atoms. The molecule has 0 saturated carbocycles. The van der Waals surface area contributed by atoms with Crippen LogP contribution in [0, 0.1) is 11.3 Å². The van der Waals surface area contributed by atoms with Gasteiger partial charge in [0.05, 0.1) is 25.0 Å². The van der Waals surface area contributed by atoms with Gasteiger partial charge in [-0.2, -0.15) is 5.26 Å². The van der Waals surface area contributed by atoms with Crippen LogP contribution in [0.1, 0.15) is 33.0 Å². The number of carbonyl (C=O) groups is 2. The maximum absolute atomic E-state index is 12.4. The number of benzene rings is 3. The number of nitrogens with zero attached hydrogens (tertiary/aromatic N) is 1. The summed E-state index contributed by atoms with van der Waals surface area (Å²) in [6.45, 7) is 0. The zero-order chi connectivity index (χ0) is 24.2. The third kappa shape index (κ3) is 4.72. The van der Waals surface area contributed by atoms with E-state index in [9.17, 15) is 14.9 Å². The summed E-state index contributed by atoms with van der Waals surface area (Å²) in [4.78, 5) is 24.1. The van der Waals surface area contributed by atoms with Crippen molar-refractivity contribution in [1.29, 1.82) is 5.26 Å². The van der Waals surface area contributed by atoms with Gasteiger partial charge >= 0.3 is 11.9 Å². The molecule has 0 aliphatic carbocycles. The summed E-state index contributed by atoms with van der Waals surface area (Å²) in [5, 5.41) is 10.3. The van der Waals surface area contributed by atoms with E-state index in [1.165, 1.54) is 7.11 Å². The molecular formula is C26H19ClN2O5. The molecule has 170 valence electrons. The van der Waals surface area contributed by atoms with Crippen molar-refractivity contribution in [3.8, 4) is 17.6 Å². The van der Waals surface area contributed by atoms with Crippen molar-refractivity contribution < 1.29 is 23.8 Å². The van der Waals surface area contributed by atoms with Crippen molar-refractivity contribution in [2.24, 2.45) is 5.73 Å². The third-order valence-electron chi connectivity index (χ3n) is 5.35. The van der Waals surface area contributed by atoms with Crippen LogP contribution in [0.5, 0.6) is 11.5 Å². The topological polar surface area (TPSA) is 112 Å². The van der Waals surface area contributed by atoms with Gasteiger partial charge in [-0.15, -0.1) is 0 Å². The van der Waals surface area contributed by atoms with Gasteiger partial charge in [0.1, 0.15) is 23.1 Å². The van der Waals surface area contributed by atoms with Crippen LogP contribution >= 0.6 is 11.6 Å². The van der Waals surface area contributed by atoms with E-state index in [1.807, 2.05) is 0 Å². The van der Waals surface area contributed by atoms with Gasteiger partial charge in [0.25, 0.3) is 0 Å². The Morgan fingerprint density at radius 3 is 2.44 bits per heavy atom. The molecule has 3 aromatic rings. The molecule has 0 saturated heterocycles. The molecule has 8 heteroatoms. The number of nitrogens with two attached hydrogens (primary N) is 1. The number of carbonyl (C=O) groups excluding carboxylic acids is 2. The third-order valence-corrected chi connectivity index (χ3v) is 5.60. The normalized spacial score (nSPS) is 14.4. The van der Waals surface area contributed by atoms with Gasteiger partial charge in [-0.1, -0.05) is 41.9 Å². The standard InChI is InChI=1S/C26H19ClN2O5/c1-32-26(31)17-6-4-16(5-7-17)24-20-11-10-19(13-22(20)34-25(29)21(24)14-28)33-23(30)12-15-2-8-18(27)9-3-15/h2-11,13,24H,12,29H2,1H3. The van der Waals surface area contributed by atoms with Gasteiger partial charge in [-0.25, -0.2) is 4.79 Å². The first kappa shape index (κ1) is 22.9. The molecule has 1 heterocycles. The highest BCUT2D eigenvalue weighted by Gasteiger charge is 2.31. The Morgan fingerprint density at radius 1 is 1.09 bits per heavy atom. The molecule has 2 N–H and O–H groups in total. The molecule has 0 aromatic heterocycles. The van der Waals surface area contributed by atoms with Gasteiger partial charge in [0, 0.05) is 16.7 Å². The minimum absolute atomic E-state index is 0.0401. The fraction of sp³-hybridized carbons (Fsp3) is 0.115. The molecule has 0 amide bonds. The van der Waals surface area contributed by atoms with Crippen LogP contribution < -0.4 is 15.2 Å². The summed E-state index contributed by atoms with van der Waals surface area (Å²) in [5.74, 6) is -0.809. The maximum atomic E-state index is 12.4. The predicted molar refractivity (Wildman–Crippen MR) is 124 cm³/mol. The Hall–Kier alpha value is -4.28. The number of hydrogen-bond donors (Lipinski definition) is 1. The quantitative estimate of drug-likeness (QED) is 0.428. The van der Waals surface area contributed by atoms with Crippen LogP contribution in [0.3, 0.4) is 0 Å². The van der Waals surface area contributed by atoms with Crippen molar-refractivity contribution in [2.75, 3.05) is 7.11 Å². The number of halogens is 1. The molecule has 0 radical (unpaired) electrons. The van der Waals surface area contributed by atoms with E-state index < -0.39 is 17.9 Å². The number of hydrogen-bond acceptors (Lipinski definition) is 7. The smallest absolute Gasteiger partial charge is 0.337 e. The Bertz CT molecular complexity index is 1320. The number of methoxy groups -OCH3 is 1. The van der Waals surface area contributed by atoms with E-state index in [4.69, 9.17) is 31.5 Å². The first-order chi connectivity index (χ1) is 16.4. The van der Waals surface area contributed by atoms with Gasteiger partial charge < -0.3 is 19.9 Å². The summed E-state index contributed by atoms with van der Waals surface area (Å²) in [6.07, 6.45) is 0.0743. The van der Waals surface area contributed by atoms with Gasteiger partial charge in [0.2, 0.25) is 5.88 Å². The highest BCUT2D eigenvalue weighted by molar-refractivity contribution is 6.30. The number of nitriles is 1. The van der Waals surface area contributed by atoms with E-state index in [0.717, 1.165) is 11.1 Å². The van der Waals surface area contributed by atoms with Crippen molar-refractivity contribution >= 4 is 23.5 Å². The van der Waals surface area contributed by atoms with E-state index in [-0.39, 0.29) is 23.6 Å². The zero-order valence-electron chi connectivity index (χ0n) is 18.1. The summed E-state index contributed by atoms with van der Waals surface area (Å²) in [7, 11) is 1.31. The Balaban J connectivity index is 1.60. The number of rotatable bonds is 5. The molecule has 0 fully saturated rings. The van der Waals surface area contributed by atoms with Gasteiger partial charge in [-0.05, 0) is 41.5 Å². The van der Waals surface area contributed by atoms with Crippen LogP contribution in [-0.4, -0.2) is 19.0 Å². The lowest BCUT2D eigenvalue weighted by atomic mass is 9.83. The SMILES string of the molecule is COC(=O)c1ccc(C2C(C#N)=C(N)Oc3cc(OC(=O)Cc4ccc(Cl)cc4)ccc32)cc1. The number of fused-ring (bicyclic) bond motifs is 1. The number of allylic oxidation sites excluding steroid dienone is 1. The van der Waals surface area contributed by atoms with E-state index >= 15 is 0 Å². The maximum Gasteiger partial charge on any atom is 0.337 e. The Labute approximate surface area is 200 Å². The monoisotopic (exact) mass is 474 g/mol. The van der Waals surface area contributed by atoms with Gasteiger partial charge in [-0.3, -0.25) is 4.79 Å². The van der Waals surface area contributed by atoms with Crippen LogP contribution in [-0.2, 0) is 16.0 Å². The molecule has 4 rings (SSSR count). The summed E-state index contributed by atoms with van der Waals surface area (Å²) < 4.78 is 15.9.